The van der Waals surface area contributed by atoms with Gasteiger partial charge in [-0.25, -0.2) is 9.59 Å². The number of thiophene rings is 1. The molecule has 0 atom stereocenters. The molecule has 1 aromatic carbocycles. The zero-order valence-corrected chi connectivity index (χ0v) is 17.4. The van der Waals surface area contributed by atoms with Crippen molar-refractivity contribution in [3.8, 4) is 0 Å². The molecule has 0 amide bonds. The van der Waals surface area contributed by atoms with Gasteiger partial charge in [-0.2, -0.15) is 0 Å². The maximum atomic E-state index is 12.9. The van der Waals surface area contributed by atoms with Gasteiger partial charge in [0, 0.05) is 7.05 Å². The Morgan fingerprint density at radius 1 is 1.18 bits per heavy atom. The van der Waals surface area contributed by atoms with Crippen LogP contribution in [-0.4, -0.2) is 39.8 Å². The summed E-state index contributed by atoms with van der Waals surface area (Å²) in [5.41, 5.74) is -0.781. The van der Waals surface area contributed by atoms with Crippen molar-refractivity contribution in [3.63, 3.8) is 0 Å². The summed E-state index contributed by atoms with van der Waals surface area (Å²) in [6, 6.07) is 10.8. The number of benzene rings is 1. The molecule has 0 spiro atoms. The van der Waals surface area contributed by atoms with E-state index in [0.717, 1.165) is 16.9 Å². The number of carbonyl (C=O) groups is 1. The van der Waals surface area contributed by atoms with E-state index in [2.05, 4.69) is 0 Å². The molecule has 2 aromatic heterocycles. The Balaban J connectivity index is 2.06. The summed E-state index contributed by atoms with van der Waals surface area (Å²) >= 11 is 1.08. The molecule has 3 rings (SSSR count). The van der Waals surface area contributed by atoms with Crippen LogP contribution in [0.15, 0.2) is 46.0 Å². The fraction of sp³-hybridized carbons (Fsp3) is 0.350. The first-order valence-corrected chi connectivity index (χ1v) is 9.61. The number of hydrogen-bond acceptors (Lipinski definition) is 6. The standard InChI is InChI=1S/C20H23N3O4S/c1-20(2,21(3)4)27-18(25)15-11-14-16(24)23(12-13-9-7-6-8-10-13)19(26)22(5)17(14)28-15/h6-11H,12H2,1-5H3. The summed E-state index contributed by atoms with van der Waals surface area (Å²) < 4.78 is 8.14. The summed E-state index contributed by atoms with van der Waals surface area (Å²) in [6.07, 6.45) is 0. The van der Waals surface area contributed by atoms with E-state index in [0.29, 0.717) is 10.2 Å². The van der Waals surface area contributed by atoms with Crippen LogP contribution in [0.25, 0.3) is 10.2 Å². The summed E-state index contributed by atoms with van der Waals surface area (Å²) in [4.78, 5) is 40.7. The number of nitrogens with zero attached hydrogens (tertiary/aromatic N) is 3. The fourth-order valence-corrected chi connectivity index (χ4v) is 3.64. The van der Waals surface area contributed by atoms with Crippen molar-refractivity contribution in [1.82, 2.24) is 14.0 Å². The molecule has 0 aliphatic carbocycles. The third kappa shape index (κ3) is 3.65. The average molecular weight is 401 g/mol. The highest BCUT2D eigenvalue weighted by Crippen LogP contribution is 2.25. The second-order valence-corrected chi connectivity index (χ2v) is 8.31. The van der Waals surface area contributed by atoms with Crippen molar-refractivity contribution in [1.29, 1.82) is 0 Å². The quantitative estimate of drug-likeness (QED) is 0.484. The van der Waals surface area contributed by atoms with Gasteiger partial charge >= 0.3 is 11.7 Å². The Bertz CT molecular complexity index is 1140. The lowest BCUT2D eigenvalue weighted by molar-refractivity contribution is -0.0722. The molecule has 28 heavy (non-hydrogen) atoms. The van der Waals surface area contributed by atoms with Gasteiger partial charge < -0.3 is 4.74 Å². The Hall–Kier alpha value is -2.71. The first kappa shape index (κ1) is 20.0. The molecule has 0 aliphatic rings. The van der Waals surface area contributed by atoms with Crippen LogP contribution in [0.4, 0.5) is 0 Å². The van der Waals surface area contributed by atoms with Crippen molar-refractivity contribution in [2.24, 2.45) is 7.05 Å². The highest BCUT2D eigenvalue weighted by Gasteiger charge is 2.27. The zero-order chi connectivity index (χ0) is 20.6. The Morgan fingerprint density at radius 2 is 1.82 bits per heavy atom. The largest absolute Gasteiger partial charge is 0.440 e. The molecule has 0 radical (unpaired) electrons. The van der Waals surface area contributed by atoms with Gasteiger partial charge in [-0.15, -0.1) is 11.3 Å². The van der Waals surface area contributed by atoms with E-state index in [1.165, 1.54) is 15.2 Å². The van der Waals surface area contributed by atoms with Gasteiger partial charge in [0.1, 0.15) is 9.71 Å². The van der Waals surface area contributed by atoms with Crippen LogP contribution in [-0.2, 0) is 18.3 Å². The van der Waals surface area contributed by atoms with Crippen LogP contribution < -0.4 is 11.2 Å². The minimum absolute atomic E-state index is 0.172. The number of esters is 1. The Morgan fingerprint density at radius 3 is 2.43 bits per heavy atom. The summed E-state index contributed by atoms with van der Waals surface area (Å²) in [7, 11) is 5.22. The van der Waals surface area contributed by atoms with Crippen LogP contribution >= 0.6 is 11.3 Å². The van der Waals surface area contributed by atoms with E-state index < -0.39 is 22.9 Å². The van der Waals surface area contributed by atoms with Crippen molar-refractivity contribution >= 4 is 27.5 Å². The number of fused-ring (bicyclic) bond motifs is 1. The molecule has 3 aromatic rings. The maximum absolute atomic E-state index is 12.9. The monoisotopic (exact) mass is 401 g/mol. The lowest BCUT2D eigenvalue weighted by Gasteiger charge is -2.31. The molecule has 0 saturated carbocycles. The van der Waals surface area contributed by atoms with Gasteiger partial charge in [-0.3, -0.25) is 18.8 Å². The minimum atomic E-state index is -0.799. The summed E-state index contributed by atoms with van der Waals surface area (Å²) in [5.74, 6) is -0.527. The molecule has 8 heteroatoms. The van der Waals surface area contributed by atoms with Crippen molar-refractivity contribution < 1.29 is 9.53 Å². The molecule has 0 unspecified atom stereocenters. The third-order valence-corrected chi connectivity index (χ3v) is 6.01. The van der Waals surface area contributed by atoms with Gasteiger partial charge in [-0.1, -0.05) is 30.3 Å². The van der Waals surface area contributed by atoms with Crippen LogP contribution in [0.5, 0.6) is 0 Å². The number of rotatable bonds is 5. The number of hydrogen-bond donors (Lipinski definition) is 0. The minimum Gasteiger partial charge on any atom is -0.440 e. The second kappa shape index (κ2) is 7.37. The molecule has 7 nitrogen and oxygen atoms in total. The van der Waals surface area contributed by atoms with E-state index in [1.54, 1.807) is 25.8 Å². The molecule has 0 N–H and O–H groups in total. The zero-order valence-electron chi connectivity index (χ0n) is 16.6. The summed E-state index contributed by atoms with van der Waals surface area (Å²) in [5, 5.41) is 0.331. The topological polar surface area (TPSA) is 73.5 Å². The van der Waals surface area contributed by atoms with E-state index >= 15 is 0 Å². The van der Waals surface area contributed by atoms with Gasteiger partial charge in [-0.05, 0) is 39.6 Å². The smallest absolute Gasteiger partial charge is 0.350 e. The number of ether oxygens (including phenoxy) is 1. The Labute approximate surface area is 166 Å². The van der Waals surface area contributed by atoms with Gasteiger partial charge in [0.05, 0.1) is 11.9 Å². The third-order valence-electron chi connectivity index (χ3n) is 4.81. The molecule has 0 bridgehead atoms. The van der Waals surface area contributed by atoms with Gasteiger partial charge in [0.15, 0.2) is 5.72 Å². The highest BCUT2D eigenvalue weighted by molar-refractivity contribution is 7.20. The first-order chi connectivity index (χ1) is 13.1. The molecule has 0 saturated heterocycles. The van der Waals surface area contributed by atoms with E-state index in [4.69, 9.17) is 4.74 Å². The van der Waals surface area contributed by atoms with Crippen molar-refractivity contribution in [2.75, 3.05) is 14.1 Å². The lowest BCUT2D eigenvalue weighted by atomic mass is 10.2. The van der Waals surface area contributed by atoms with Crippen molar-refractivity contribution in [2.45, 2.75) is 26.1 Å². The van der Waals surface area contributed by atoms with Gasteiger partial charge in [0.2, 0.25) is 0 Å². The summed E-state index contributed by atoms with van der Waals surface area (Å²) in [6.45, 7) is 3.73. The average Bonchev–Trinajstić information content (AvgIpc) is 3.10. The first-order valence-electron chi connectivity index (χ1n) is 8.80. The SMILES string of the molecule is CN(C)C(C)(C)OC(=O)c1cc2c(=O)n(Cc3ccccc3)c(=O)n(C)c2s1. The van der Waals surface area contributed by atoms with Crippen molar-refractivity contribution in [3.05, 3.63) is 67.7 Å². The number of aromatic nitrogens is 2. The number of aryl methyl sites for hydroxylation is 1. The fourth-order valence-electron chi connectivity index (χ4n) is 2.66. The molecular weight excluding hydrogens is 378 g/mol. The van der Waals surface area contributed by atoms with Crippen LogP contribution in [0.1, 0.15) is 29.1 Å². The van der Waals surface area contributed by atoms with Crippen LogP contribution in [0.3, 0.4) is 0 Å². The lowest BCUT2D eigenvalue weighted by Crippen LogP contribution is -2.42. The molecular formula is C20H23N3O4S. The molecule has 0 aliphatic heterocycles. The molecule has 0 fully saturated rings. The predicted molar refractivity (Wildman–Crippen MR) is 110 cm³/mol. The molecule has 148 valence electrons. The second-order valence-electron chi connectivity index (χ2n) is 7.28. The van der Waals surface area contributed by atoms with E-state index in [9.17, 15) is 14.4 Å². The maximum Gasteiger partial charge on any atom is 0.350 e. The van der Waals surface area contributed by atoms with Gasteiger partial charge in [0.25, 0.3) is 5.56 Å². The van der Waals surface area contributed by atoms with Crippen LogP contribution in [0, 0.1) is 0 Å². The number of carbonyl (C=O) groups excluding carboxylic acids is 1. The van der Waals surface area contributed by atoms with E-state index in [1.807, 2.05) is 44.4 Å². The highest BCUT2D eigenvalue weighted by atomic mass is 32.1. The normalized spacial score (nSPS) is 11.9. The molecule has 2 heterocycles. The van der Waals surface area contributed by atoms with Crippen LogP contribution in [0.2, 0.25) is 0 Å². The van der Waals surface area contributed by atoms with E-state index in [-0.39, 0.29) is 11.4 Å². The Kier molecular flexibility index (Phi) is 5.27. The predicted octanol–water partition coefficient (Wildman–Crippen LogP) is 2.26.